The van der Waals surface area contributed by atoms with Crippen LogP contribution in [0.25, 0.3) is 0 Å². The highest BCUT2D eigenvalue weighted by atomic mass is 16.5. The van der Waals surface area contributed by atoms with E-state index in [1.807, 2.05) is 6.07 Å². The molecule has 0 amide bonds. The Morgan fingerprint density at radius 1 is 1.41 bits per heavy atom. The van der Waals surface area contributed by atoms with E-state index in [0.29, 0.717) is 18.9 Å². The second kappa shape index (κ2) is 6.62. The summed E-state index contributed by atoms with van der Waals surface area (Å²) in [7, 11) is 1.68. The van der Waals surface area contributed by atoms with Gasteiger partial charge in [-0.25, -0.2) is 0 Å². The van der Waals surface area contributed by atoms with Crippen LogP contribution in [0.3, 0.4) is 0 Å². The molecule has 96 valence electrons. The van der Waals surface area contributed by atoms with Crippen molar-refractivity contribution in [2.45, 2.75) is 38.7 Å². The SMILES string of the molecule is CCc1cc(OC)ccc1C(C)CC(O)CN. The van der Waals surface area contributed by atoms with Crippen LogP contribution in [0.15, 0.2) is 18.2 Å². The highest BCUT2D eigenvalue weighted by Gasteiger charge is 2.14. The molecule has 3 heteroatoms. The van der Waals surface area contributed by atoms with Gasteiger partial charge in [0.2, 0.25) is 0 Å². The van der Waals surface area contributed by atoms with E-state index >= 15 is 0 Å². The van der Waals surface area contributed by atoms with E-state index < -0.39 is 6.10 Å². The van der Waals surface area contributed by atoms with Crippen LogP contribution in [0.2, 0.25) is 0 Å². The quantitative estimate of drug-likeness (QED) is 0.796. The van der Waals surface area contributed by atoms with Crippen LogP contribution in [0, 0.1) is 0 Å². The van der Waals surface area contributed by atoms with Crippen molar-refractivity contribution in [3.63, 3.8) is 0 Å². The summed E-state index contributed by atoms with van der Waals surface area (Å²) in [4.78, 5) is 0. The van der Waals surface area contributed by atoms with Crippen molar-refractivity contribution in [3.8, 4) is 5.75 Å². The third-order valence-electron chi connectivity index (χ3n) is 3.16. The molecule has 0 bridgehead atoms. The molecular weight excluding hydrogens is 214 g/mol. The lowest BCUT2D eigenvalue weighted by molar-refractivity contribution is 0.165. The van der Waals surface area contributed by atoms with Crippen LogP contribution in [-0.4, -0.2) is 24.9 Å². The largest absolute Gasteiger partial charge is 0.497 e. The molecule has 0 radical (unpaired) electrons. The first kappa shape index (κ1) is 14.0. The summed E-state index contributed by atoms with van der Waals surface area (Å²) >= 11 is 0. The normalized spacial score (nSPS) is 14.4. The van der Waals surface area contributed by atoms with Crippen LogP contribution < -0.4 is 10.5 Å². The third-order valence-corrected chi connectivity index (χ3v) is 3.16. The molecule has 0 saturated carbocycles. The molecule has 1 aromatic carbocycles. The zero-order chi connectivity index (χ0) is 12.8. The molecule has 2 atom stereocenters. The minimum atomic E-state index is -0.420. The van der Waals surface area contributed by atoms with E-state index in [9.17, 15) is 5.11 Å². The number of nitrogens with two attached hydrogens (primary N) is 1. The smallest absolute Gasteiger partial charge is 0.119 e. The number of benzene rings is 1. The van der Waals surface area contributed by atoms with Crippen LogP contribution >= 0.6 is 0 Å². The van der Waals surface area contributed by atoms with Gasteiger partial charge in [0.25, 0.3) is 0 Å². The second-order valence-corrected chi connectivity index (χ2v) is 4.44. The average molecular weight is 237 g/mol. The summed E-state index contributed by atoms with van der Waals surface area (Å²) in [6.07, 6.45) is 1.25. The Labute approximate surface area is 104 Å². The van der Waals surface area contributed by atoms with Crippen molar-refractivity contribution in [2.75, 3.05) is 13.7 Å². The van der Waals surface area contributed by atoms with Gasteiger partial charge in [0.15, 0.2) is 0 Å². The molecule has 3 nitrogen and oxygen atoms in total. The average Bonchev–Trinajstić information content (AvgIpc) is 2.37. The van der Waals surface area contributed by atoms with Gasteiger partial charge in [0.05, 0.1) is 13.2 Å². The maximum Gasteiger partial charge on any atom is 0.119 e. The number of methoxy groups -OCH3 is 1. The lowest BCUT2D eigenvalue weighted by Gasteiger charge is -2.19. The highest BCUT2D eigenvalue weighted by molar-refractivity contribution is 5.37. The molecule has 3 N–H and O–H groups in total. The Morgan fingerprint density at radius 3 is 2.65 bits per heavy atom. The molecule has 0 aliphatic carbocycles. The fourth-order valence-electron chi connectivity index (χ4n) is 2.13. The summed E-state index contributed by atoms with van der Waals surface area (Å²) in [5.74, 6) is 1.20. The number of hydrogen-bond donors (Lipinski definition) is 2. The van der Waals surface area contributed by atoms with E-state index in [4.69, 9.17) is 10.5 Å². The van der Waals surface area contributed by atoms with Crippen LogP contribution in [0.5, 0.6) is 5.75 Å². The number of aliphatic hydroxyl groups excluding tert-OH is 1. The van der Waals surface area contributed by atoms with Crippen molar-refractivity contribution < 1.29 is 9.84 Å². The van der Waals surface area contributed by atoms with E-state index in [0.717, 1.165) is 12.2 Å². The summed E-state index contributed by atoms with van der Waals surface area (Å²) in [5, 5.41) is 9.60. The first-order valence-electron chi connectivity index (χ1n) is 6.17. The first-order chi connectivity index (χ1) is 8.12. The third kappa shape index (κ3) is 3.72. The maximum absolute atomic E-state index is 9.60. The zero-order valence-corrected chi connectivity index (χ0v) is 10.9. The van der Waals surface area contributed by atoms with E-state index in [2.05, 4.69) is 26.0 Å². The van der Waals surface area contributed by atoms with Gasteiger partial charge < -0.3 is 15.6 Å². The van der Waals surface area contributed by atoms with Crippen LogP contribution in [0.4, 0.5) is 0 Å². The van der Waals surface area contributed by atoms with Gasteiger partial charge in [0.1, 0.15) is 5.75 Å². The predicted octanol–water partition coefficient (Wildman–Crippen LogP) is 2.07. The van der Waals surface area contributed by atoms with Gasteiger partial charge in [-0.15, -0.1) is 0 Å². The molecular formula is C14H23NO2. The van der Waals surface area contributed by atoms with Crippen molar-refractivity contribution in [1.29, 1.82) is 0 Å². The minimum absolute atomic E-state index is 0.314. The molecule has 0 fully saturated rings. The Morgan fingerprint density at radius 2 is 2.12 bits per heavy atom. The Hall–Kier alpha value is -1.06. The fourth-order valence-corrected chi connectivity index (χ4v) is 2.13. The molecule has 17 heavy (non-hydrogen) atoms. The summed E-state index contributed by atoms with van der Waals surface area (Å²) in [6, 6.07) is 6.13. The van der Waals surface area contributed by atoms with Gasteiger partial charge in [0, 0.05) is 6.54 Å². The molecule has 0 spiro atoms. The molecule has 1 aromatic rings. The molecule has 1 rings (SSSR count). The number of rotatable bonds is 6. The number of aliphatic hydroxyl groups is 1. The molecule has 0 aliphatic rings. The van der Waals surface area contributed by atoms with Gasteiger partial charge in [-0.05, 0) is 42.0 Å². The van der Waals surface area contributed by atoms with Gasteiger partial charge >= 0.3 is 0 Å². The molecule has 0 aliphatic heterocycles. The van der Waals surface area contributed by atoms with Gasteiger partial charge in [-0.2, -0.15) is 0 Å². The van der Waals surface area contributed by atoms with E-state index in [1.54, 1.807) is 7.11 Å². The Kier molecular flexibility index (Phi) is 5.45. The van der Waals surface area contributed by atoms with Crippen LogP contribution in [-0.2, 0) is 6.42 Å². The number of aryl methyl sites for hydroxylation is 1. The Bertz CT molecular complexity index is 352. The lowest BCUT2D eigenvalue weighted by atomic mass is 9.90. The van der Waals surface area contributed by atoms with E-state index in [-0.39, 0.29) is 0 Å². The second-order valence-electron chi connectivity index (χ2n) is 4.44. The monoisotopic (exact) mass is 237 g/mol. The van der Waals surface area contributed by atoms with Gasteiger partial charge in [-0.3, -0.25) is 0 Å². The number of hydrogen-bond acceptors (Lipinski definition) is 3. The topological polar surface area (TPSA) is 55.5 Å². The van der Waals surface area contributed by atoms with Gasteiger partial charge in [-0.1, -0.05) is 19.9 Å². The summed E-state index contributed by atoms with van der Waals surface area (Å²) < 4.78 is 5.22. The summed E-state index contributed by atoms with van der Waals surface area (Å²) in [5.41, 5.74) is 8.00. The molecule has 0 aromatic heterocycles. The maximum atomic E-state index is 9.60. The lowest BCUT2D eigenvalue weighted by Crippen LogP contribution is -2.21. The standard InChI is InChI=1S/C14H23NO2/c1-4-11-8-13(17-3)5-6-14(11)10(2)7-12(16)9-15/h5-6,8,10,12,16H,4,7,9,15H2,1-3H3. The Balaban J connectivity index is 2.88. The van der Waals surface area contributed by atoms with Crippen molar-refractivity contribution in [1.82, 2.24) is 0 Å². The summed E-state index contributed by atoms with van der Waals surface area (Å²) in [6.45, 7) is 4.58. The zero-order valence-electron chi connectivity index (χ0n) is 10.9. The van der Waals surface area contributed by atoms with E-state index in [1.165, 1.54) is 11.1 Å². The highest BCUT2D eigenvalue weighted by Crippen LogP contribution is 2.27. The number of ether oxygens (including phenoxy) is 1. The molecule has 0 saturated heterocycles. The minimum Gasteiger partial charge on any atom is -0.497 e. The van der Waals surface area contributed by atoms with Crippen molar-refractivity contribution in [2.24, 2.45) is 5.73 Å². The van der Waals surface area contributed by atoms with Crippen molar-refractivity contribution in [3.05, 3.63) is 29.3 Å². The van der Waals surface area contributed by atoms with Crippen LogP contribution in [0.1, 0.15) is 37.3 Å². The first-order valence-corrected chi connectivity index (χ1v) is 6.17. The molecule has 0 heterocycles. The predicted molar refractivity (Wildman–Crippen MR) is 70.5 cm³/mol. The fraction of sp³-hybridized carbons (Fsp3) is 0.571. The molecule has 2 unspecified atom stereocenters. The van der Waals surface area contributed by atoms with Crippen molar-refractivity contribution >= 4 is 0 Å².